The fourth-order valence-corrected chi connectivity index (χ4v) is 6.93. The number of hydrogen-bond donors (Lipinski definition) is 1. The standard InChI is InChI=1S/C27H24BrN5O3S2/c1-15-5-4-6-18(11-15)32-23(35)22-19-12-27(2,3)36-13-20(19)38-24(22)33-25(32)30-31-26(33)37-14-21(34)29-17-9-7-16(28)8-10-17/h4-11H,12-14H2,1-3H3,(H,29,34). The van der Waals surface area contributed by atoms with Gasteiger partial charge in [0.1, 0.15) is 4.83 Å². The normalized spacial score (nSPS) is 14.6. The Bertz CT molecular complexity index is 1770. The van der Waals surface area contributed by atoms with E-state index in [0.29, 0.717) is 35.0 Å². The highest BCUT2D eigenvalue weighted by molar-refractivity contribution is 9.10. The highest BCUT2D eigenvalue weighted by atomic mass is 79.9. The highest BCUT2D eigenvalue weighted by Crippen LogP contribution is 2.39. The Morgan fingerprint density at radius 2 is 2.00 bits per heavy atom. The number of aromatic nitrogens is 4. The summed E-state index contributed by atoms with van der Waals surface area (Å²) in [4.78, 5) is 28.6. The number of carbonyl (C=O) groups is 1. The van der Waals surface area contributed by atoms with Gasteiger partial charge in [-0.15, -0.1) is 21.5 Å². The molecule has 38 heavy (non-hydrogen) atoms. The van der Waals surface area contributed by atoms with E-state index in [1.165, 1.54) is 23.1 Å². The van der Waals surface area contributed by atoms with Gasteiger partial charge in [-0.25, -0.2) is 8.97 Å². The van der Waals surface area contributed by atoms with Gasteiger partial charge in [0.2, 0.25) is 11.7 Å². The Kier molecular flexibility index (Phi) is 6.42. The lowest BCUT2D eigenvalue weighted by molar-refractivity contribution is -0.113. The van der Waals surface area contributed by atoms with E-state index in [4.69, 9.17) is 4.74 Å². The molecular weight excluding hydrogens is 586 g/mol. The third kappa shape index (κ3) is 4.57. The van der Waals surface area contributed by atoms with E-state index >= 15 is 0 Å². The van der Waals surface area contributed by atoms with E-state index < -0.39 is 0 Å². The van der Waals surface area contributed by atoms with E-state index in [1.807, 2.05) is 73.7 Å². The van der Waals surface area contributed by atoms with E-state index in [2.05, 4.69) is 31.4 Å². The van der Waals surface area contributed by atoms with Crippen molar-refractivity contribution < 1.29 is 9.53 Å². The average molecular weight is 611 g/mol. The van der Waals surface area contributed by atoms with E-state index in [9.17, 15) is 9.59 Å². The number of nitrogens with one attached hydrogen (secondary N) is 1. The zero-order valence-electron chi connectivity index (χ0n) is 20.9. The Morgan fingerprint density at radius 1 is 1.21 bits per heavy atom. The van der Waals surface area contributed by atoms with Crippen molar-refractivity contribution in [1.82, 2.24) is 19.2 Å². The van der Waals surface area contributed by atoms with Crippen LogP contribution in [0.1, 0.15) is 29.9 Å². The quantitative estimate of drug-likeness (QED) is 0.255. The molecule has 5 aromatic rings. The second kappa shape index (κ2) is 9.64. The van der Waals surface area contributed by atoms with Crippen molar-refractivity contribution in [2.75, 3.05) is 11.1 Å². The van der Waals surface area contributed by atoms with Gasteiger partial charge in [0.05, 0.1) is 29.0 Å². The third-order valence-corrected chi connectivity index (χ3v) is 9.07. The van der Waals surface area contributed by atoms with Crippen molar-refractivity contribution in [2.45, 2.75) is 44.6 Å². The molecule has 0 spiro atoms. The Hall–Kier alpha value is -2.99. The SMILES string of the molecule is Cc1cccc(-n2c(=O)c3c4c(sc3n3c(SCC(=O)Nc5ccc(Br)cc5)nnc23)COC(C)(C)C4)c1. The molecule has 4 heterocycles. The summed E-state index contributed by atoms with van der Waals surface area (Å²) in [5, 5.41) is 13.0. The van der Waals surface area contributed by atoms with Crippen molar-refractivity contribution in [2.24, 2.45) is 0 Å². The minimum Gasteiger partial charge on any atom is -0.370 e. The maximum absolute atomic E-state index is 14.1. The van der Waals surface area contributed by atoms with Gasteiger partial charge in [0.15, 0.2) is 5.16 Å². The monoisotopic (exact) mass is 609 g/mol. The van der Waals surface area contributed by atoms with Crippen LogP contribution in [0.2, 0.25) is 0 Å². The molecule has 1 aliphatic rings. The second-order valence-corrected chi connectivity index (χ2v) is 12.8. The number of rotatable bonds is 5. The van der Waals surface area contributed by atoms with Crippen molar-refractivity contribution in [3.63, 3.8) is 0 Å². The summed E-state index contributed by atoms with van der Waals surface area (Å²) in [6.07, 6.45) is 0.636. The summed E-state index contributed by atoms with van der Waals surface area (Å²) < 4.78 is 10.5. The van der Waals surface area contributed by atoms with Gasteiger partial charge in [-0.1, -0.05) is 39.8 Å². The molecule has 1 amide bonds. The number of carbonyl (C=O) groups excluding carboxylic acids is 1. The molecule has 3 aromatic heterocycles. The van der Waals surface area contributed by atoms with Crippen LogP contribution < -0.4 is 10.9 Å². The molecule has 0 bridgehead atoms. The molecule has 0 fully saturated rings. The zero-order chi connectivity index (χ0) is 26.6. The number of thioether (sulfide) groups is 1. The lowest BCUT2D eigenvalue weighted by Gasteiger charge is -2.29. The lowest BCUT2D eigenvalue weighted by Crippen LogP contribution is -2.32. The molecule has 1 aliphatic heterocycles. The van der Waals surface area contributed by atoms with Gasteiger partial charge in [-0.3, -0.25) is 9.59 Å². The molecular formula is C27H24BrN5O3S2. The van der Waals surface area contributed by atoms with Crippen LogP contribution in [-0.2, 0) is 22.6 Å². The maximum Gasteiger partial charge on any atom is 0.268 e. The first-order valence-corrected chi connectivity index (χ1v) is 14.6. The van der Waals surface area contributed by atoms with Crippen molar-refractivity contribution >= 4 is 66.6 Å². The second-order valence-electron chi connectivity index (χ2n) is 9.85. The van der Waals surface area contributed by atoms with E-state index in [-0.39, 0.29) is 22.8 Å². The Balaban J connectivity index is 1.47. The van der Waals surface area contributed by atoms with E-state index in [1.54, 1.807) is 4.57 Å². The number of benzene rings is 2. The zero-order valence-corrected chi connectivity index (χ0v) is 24.2. The molecule has 0 radical (unpaired) electrons. The molecule has 0 aliphatic carbocycles. The molecule has 194 valence electrons. The fraction of sp³-hybridized carbons (Fsp3) is 0.259. The molecule has 0 saturated carbocycles. The van der Waals surface area contributed by atoms with Crippen LogP contribution in [0.5, 0.6) is 0 Å². The van der Waals surface area contributed by atoms with Gasteiger partial charge in [-0.05, 0) is 68.3 Å². The maximum atomic E-state index is 14.1. The molecule has 8 nitrogen and oxygen atoms in total. The summed E-state index contributed by atoms with van der Waals surface area (Å²) >= 11 is 6.23. The fourth-order valence-electron chi connectivity index (χ4n) is 4.66. The summed E-state index contributed by atoms with van der Waals surface area (Å²) in [7, 11) is 0. The number of aryl methyl sites for hydroxylation is 1. The van der Waals surface area contributed by atoms with Crippen LogP contribution in [0.15, 0.2) is 63.0 Å². The summed E-state index contributed by atoms with van der Waals surface area (Å²) in [5.74, 6) is 0.406. The first-order chi connectivity index (χ1) is 18.2. The molecule has 11 heteroatoms. The van der Waals surface area contributed by atoms with Crippen molar-refractivity contribution in [3.8, 4) is 5.69 Å². The smallest absolute Gasteiger partial charge is 0.268 e. The number of fused-ring (bicyclic) bond motifs is 5. The topological polar surface area (TPSA) is 90.5 Å². The van der Waals surface area contributed by atoms with Crippen LogP contribution in [0.4, 0.5) is 5.69 Å². The molecule has 0 atom stereocenters. The molecule has 0 unspecified atom stereocenters. The van der Waals surface area contributed by atoms with Gasteiger partial charge >= 0.3 is 0 Å². The molecule has 6 rings (SSSR count). The molecule has 2 aromatic carbocycles. The van der Waals surface area contributed by atoms with Crippen molar-refractivity contribution in [3.05, 3.63) is 79.4 Å². The van der Waals surface area contributed by atoms with Crippen LogP contribution >= 0.6 is 39.0 Å². The van der Waals surface area contributed by atoms with Gasteiger partial charge < -0.3 is 10.1 Å². The van der Waals surface area contributed by atoms with Gasteiger partial charge in [0.25, 0.3) is 5.56 Å². The molecule has 1 N–H and O–H groups in total. The number of hydrogen-bond acceptors (Lipinski definition) is 7. The Labute approximate surface area is 235 Å². The Morgan fingerprint density at radius 3 is 2.76 bits per heavy atom. The van der Waals surface area contributed by atoms with Crippen LogP contribution in [0, 0.1) is 6.92 Å². The number of anilines is 1. The summed E-state index contributed by atoms with van der Waals surface area (Å²) in [5.41, 5.74) is 3.01. The predicted octanol–water partition coefficient (Wildman–Crippen LogP) is 5.75. The number of nitrogens with zero attached hydrogens (tertiary/aromatic N) is 4. The predicted molar refractivity (Wildman–Crippen MR) is 155 cm³/mol. The third-order valence-electron chi connectivity index (χ3n) is 6.43. The first-order valence-electron chi connectivity index (χ1n) is 12.0. The van der Waals surface area contributed by atoms with E-state index in [0.717, 1.165) is 31.0 Å². The lowest BCUT2D eigenvalue weighted by atomic mass is 9.94. The number of ether oxygens (including phenoxy) is 1. The largest absolute Gasteiger partial charge is 0.370 e. The van der Waals surface area contributed by atoms with Gasteiger partial charge in [-0.2, -0.15) is 0 Å². The van der Waals surface area contributed by atoms with Crippen LogP contribution in [-0.4, -0.2) is 36.4 Å². The van der Waals surface area contributed by atoms with Crippen molar-refractivity contribution in [1.29, 1.82) is 0 Å². The number of amides is 1. The number of thiophene rings is 1. The minimum absolute atomic E-state index is 0.120. The van der Waals surface area contributed by atoms with Crippen LogP contribution in [0.3, 0.4) is 0 Å². The summed E-state index contributed by atoms with van der Waals surface area (Å²) in [6, 6.07) is 15.2. The van der Waals surface area contributed by atoms with Gasteiger partial charge in [0, 0.05) is 21.5 Å². The van der Waals surface area contributed by atoms with Crippen LogP contribution in [0.25, 0.3) is 21.7 Å². The average Bonchev–Trinajstić information content (AvgIpc) is 3.45. The molecule has 0 saturated heterocycles. The number of halogens is 1. The highest BCUT2D eigenvalue weighted by Gasteiger charge is 2.32. The minimum atomic E-state index is -0.369. The first kappa shape index (κ1) is 25.3. The summed E-state index contributed by atoms with van der Waals surface area (Å²) in [6.45, 7) is 6.53.